The average Bonchev–Trinajstić information content (AvgIpc) is 2.37. The molecule has 18 heavy (non-hydrogen) atoms. The zero-order valence-corrected chi connectivity index (χ0v) is 11.4. The third kappa shape index (κ3) is 4.05. The van der Waals surface area contributed by atoms with E-state index in [0.29, 0.717) is 25.3 Å². The van der Waals surface area contributed by atoms with Gasteiger partial charge in [-0.3, -0.25) is 4.90 Å². The summed E-state index contributed by atoms with van der Waals surface area (Å²) in [6.07, 6.45) is -0.00535. The van der Waals surface area contributed by atoms with Crippen molar-refractivity contribution in [3.8, 4) is 0 Å². The van der Waals surface area contributed by atoms with Crippen LogP contribution in [0.25, 0.3) is 0 Å². The molecule has 0 heterocycles. The Morgan fingerprint density at radius 3 is 2.61 bits per heavy atom. The van der Waals surface area contributed by atoms with Crippen LogP contribution >= 0.6 is 0 Å². The van der Waals surface area contributed by atoms with E-state index in [-0.39, 0.29) is 18.0 Å². The topological polar surface area (TPSA) is 38.5 Å². The first-order valence-corrected chi connectivity index (χ1v) is 6.36. The third-order valence-electron chi connectivity index (χ3n) is 3.17. The van der Waals surface area contributed by atoms with Crippen molar-refractivity contribution in [2.24, 2.45) is 5.73 Å². The Morgan fingerprint density at radius 2 is 2.06 bits per heavy atom. The molecule has 0 spiro atoms. The van der Waals surface area contributed by atoms with Crippen molar-refractivity contribution in [2.75, 3.05) is 26.7 Å². The Balaban J connectivity index is 2.66. The number of hydrogen-bond donors (Lipinski definition) is 1. The zero-order valence-electron chi connectivity index (χ0n) is 11.4. The molecule has 2 N–H and O–H groups in total. The molecule has 0 aliphatic rings. The minimum Gasteiger partial charge on any atom is -0.376 e. The van der Waals surface area contributed by atoms with Crippen molar-refractivity contribution < 1.29 is 9.13 Å². The molecule has 4 heteroatoms. The molecule has 0 aliphatic carbocycles. The molecule has 0 amide bonds. The molecule has 0 fully saturated rings. The molecule has 3 nitrogen and oxygen atoms in total. The monoisotopic (exact) mass is 254 g/mol. The Morgan fingerprint density at radius 1 is 1.39 bits per heavy atom. The fourth-order valence-corrected chi connectivity index (χ4v) is 1.96. The standard InChI is InChI=1S/C14H23FN2O/c1-4-18-12(9-16)10-17(3)11(2)13-7-5-6-8-14(13)15/h5-8,11-12H,4,9-10,16H2,1-3H3. The van der Waals surface area contributed by atoms with Crippen LogP contribution in [0.3, 0.4) is 0 Å². The summed E-state index contributed by atoms with van der Waals surface area (Å²) in [5.74, 6) is -0.169. The highest BCUT2D eigenvalue weighted by Gasteiger charge is 2.18. The van der Waals surface area contributed by atoms with Crippen LogP contribution < -0.4 is 5.73 Å². The van der Waals surface area contributed by atoms with Crippen molar-refractivity contribution in [3.63, 3.8) is 0 Å². The van der Waals surface area contributed by atoms with Gasteiger partial charge in [0.25, 0.3) is 0 Å². The van der Waals surface area contributed by atoms with E-state index in [4.69, 9.17) is 10.5 Å². The Labute approximate surface area is 109 Å². The van der Waals surface area contributed by atoms with Crippen LogP contribution in [0.4, 0.5) is 4.39 Å². The highest BCUT2D eigenvalue weighted by atomic mass is 19.1. The molecule has 0 aromatic heterocycles. The predicted molar refractivity (Wildman–Crippen MR) is 71.9 cm³/mol. The number of rotatable bonds is 7. The lowest BCUT2D eigenvalue weighted by Gasteiger charge is -2.28. The maximum Gasteiger partial charge on any atom is 0.127 e. The molecular formula is C14H23FN2O. The van der Waals surface area contributed by atoms with Gasteiger partial charge in [-0.15, -0.1) is 0 Å². The molecule has 102 valence electrons. The van der Waals surface area contributed by atoms with Gasteiger partial charge in [-0.25, -0.2) is 4.39 Å². The highest BCUT2D eigenvalue weighted by molar-refractivity contribution is 5.20. The Kier molecular flexibility index (Phi) is 6.25. The van der Waals surface area contributed by atoms with Crippen LogP contribution in [0, 0.1) is 5.82 Å². The van der Waals surface area contributed by atoms with E-state index < -0.39 is 0 Å². The van der Waals surface area contributed by atoms with Crippen LogP contribution in [0.15, 0.2) is 24.3 Å². The predicted octanol–water partition coefficient (Wildman–Crippen LogP) is 2.18. The molecule has 0 saturated carbocycles. The van der Waals surface area contributed by atoms with E-state index in [2.05, 4.69) is 4.90 Å². The minimum absolute atomic E-state index is 0.000654. The quantitative estimate of drug-likeness (QED) is 0.810. The van der Waals surface area contributed by atoms with Crippen LogP contribution in [-0.2, 0) is 4.74 Å². The average molecular weight is 254 g/mol. The summed E-state index contributed by atoms with van der Waals surface area (Å²) in [4.78, 5) is 2.06. The summed E-state index contributed by atoms with van der Waals surface area (Å²) >= 11 is 0. The summed E-state index contributed by atoms with van der Waals surface area (Å²) in [6, 6.07) is 6.86. The number of nitrogens with zero attached hydrogens (tertiary/aromatic N) is 1. The number of nitrogens with two attached hydrogens (primary N) is 1. The number of ether oxygens (including phenoxy) is 1. The lowest BCUT2D eigenvalue weighted by atomic mass is 10.1. The van der Waals surface area contributed by atoms with Gasteiger partial charge in [0.1, 0.15) is 5.82 Å². The van der Waals surface area contributed by atoms with Gasteiger partial charge in [0, 0.05) is 31.3 Å². The van der Waals surface area contributed by atoms with E-state index in [9.17, 15) is 4.39 Å². The summed E-state index contributed by atoms with van der Waals surface area (Å²) in [5, 5.41) is 0. The molecule has 1 aromatic rings. The SMILES string of the molecule is CCOC(CN)CN(C)C(C)c1ccccc1F. The van der Waals surface area contributed by atoms with Crippen LogP contribution in [0.1, 0.15) is 25.5 Å². The maximum absolute atomic E-state index is 13.7. The summed E-state index contributed by atoms with van der Waals surface area (Å²) in [7, 11) is 1.96. The second-order valence-electron chi connectivity index (χ2n) is 4.45. The fraction of sp³-hybridized carbons (Fsp3) is 0.571. The smallest absolute Gasteiger partial charge is 0.127 e. The minimum atomic E-state index is -0.169. The highest BCUT2D eigenvalue weighted by Crippen LogP contribution is 2.21. The normalized spacial score (nSPS) is 14.8. The molecule has 0 aliphatic heterocycles. The first kappa shape index (κ1) is 15.1. The van der Waals surface area contributed by atoms with Gasteiger partial charge >= 0.3 is 0 Å². The first-order chi connectivity index (χ1) is 8.60. The van der Waals surface area contributed by atoms with E-state index >= 15 is 0 Å². The number of benzene rings is 1. The summed E-state index contributed by atoms with van der Waals surface area (Å²) in [6.45, 7) is 5.74. The molecule has 2 atom stereocenters. The number of halogens is 1. The Hall–Kier alpha value is -0.970. The van der Waals surface area contributed by atoms with Gasteiger partial charge in [0.15, 0.2) is 0 Å². The van der Waals surface area contributed by atoms with Gasteiger partial charge in [0.2, 0.25) is 0 Å². The number of hydrogen-bond acceptors (Lipinski definition) is 3. The molecule has 0 radical (unpaired) electrons. The van der Waals surface area contributed by atoms with E-state index in [1.165, 1.54) is 6.07 Å². The van der Waals surface area contributed by atoms with E-state index in [1.54, 1.807) is 6.07 Å². The van der Waals surface area contributed by atoms with Gasteiger partial charge in [-0.1, -0.05) is 18.2 Å². The van der Waals surface area contributed by atoms with Gasteiger partial charge < -0.3 is 10.5 Å². The van der Waals surface area contributed by atoms with E-state index in [1.807, 2.05) is 33.0 Å². The maximum atomic E-state index is 13.7. The van der Waals surface area contributed by atoms with Crippen molar-refractivity contribution in [3.05, 3.63) is 35.6 Å². The fourth-order valence-electron chi connectivity index (χ4n) is 1.96. The van der Waals surface area contributed by atoms with Gasteiger partial charge in [0.05, 0.1) is 6.10 Å². The summed E-state index contributed by atoms with van der Waals surface area (Å²) < 4.78 is 19.2. The molecule has 1 rings (SSSR count). The first-order valence-electron chi connectivity index (χ1n) is 6.36. The molecule has 0 bridgehead atoms. The number of likely N-dealkylation sites (N-methyl/N-ethyl adjacent to an activating group) is 1. The van der Waals surface area contributed by atoms with Crippen LogP contribution in [-0.4, -0.2) is 37.7 Å². The third-order valence-corrected chi connectivity index (χ3v) is 3.17. The summed E-state index contributed by atoms with van der Waals surface area (Å²) in [5.41, 5.74) is 6.35. The van der Waals surface area contributed by atoms with Gasteiger partial charge in [-0.2, -0.15) is 0 Å². The molecule has 1 aromatic carbocycles. The zero-order chi connectivity index (χ0) is 13.5. The van der Waals surface area contributed by atoms with Crippen molar-refractivity contribution in [2.45, 2.75) is 26.0 Å². The van der Waals surface area contributed by atoms with E-state index in [0.717, 1.165) is 0 Å². The lowest BCUT2D eigenvalue weighted by Crippen LogP contribution is -2.37. The largest absolute Gasteiger partial charge is 0.376 e. The molecule has 0 saturated heterocycles. The van der Waals surface area contributed by atoms with Crippen LogP contribution in [0.2, 0.25) is 0 Å². The molecule has 2 unspecified atom stereocenters. The van der Waals surface area contributed by atoms with Crippen molar-refractivity contribution >= 4 is 0 Å². The Bertz CT molecular complexity index is 359. The lowest BCUT2D eigenvalue weighted by molar-refractivity contribution is 0.0367. The van der Waals surface area contributed by atoms with Crippen molar-refractivity contribution in [1.29, 1.82) is 0 Å². The van der Waals surface area contributed by atoms with Crippen molar-refractivity contribution in [1.82, 2.24) is 4.90 Å². The second kappa shape index (κ2) is 7.46. The van der Waals surface area contributed by atoms with Gasteiger partial charge in [-0.05, 0) is 27.0 Å². The van der Waals surface area contributed by atoms with Crippen LogP contribution in [0.5, 0.6) is 0 Å². The second-order valence-corrected chi connectivity index (χ2v) is 4.45. The molecular weight excluding hydrogens is 231 g/mol.